The van der Waals surface area contributed by atoms with E-state index in [1.165, 1.54) is 11.3 Å². The second-order valence-corrected chi connectivity index (χ2v) is 6.87. The van der Waals surface area contributed by atoms with Crippen molar-refractivity contribution in [2.24, 2.45) is 0 Å². The molecular weight excluding hydrogens is 336 g/mol. The number of carbonyl (C=O) groups is 1. The highest BCUT2D eigenvalue weighted by atomic mass is 32.1. The zero-order chi connectivity index (χ0) is 17.2. The molecule has 1 aliphatic rings. The van der Waals surface area contributed by atoms with Gasteiger partial charge in [0.1, 0.15) is 5.82 Å². The largest absolute Gasteiger partial charge is 0.363 e. The van der Waals surface area contributed by atoms with Gasteiger partial charge in [0.25, 0.3) is 5.91 Å². The van der Waals surface area contributed by atoms with Crippen LogP contribution in [0.1, 0.15) is 26.6 Å². The number of anilines is 1. The van der Waals surface area contributed by atoms with E-state index < -0.39 is 0 Å². The highest BCUT2D eigenvalue weighted by Gasteiger charge is 2.24. The van der Waals surface area contributed by atoms with Crippen LogP contribution in [0.2, 0.25) is 0 Å². The summed E-state index contributed by atoms with van der Waals surface area (Å²) in [5.74, 6) is 0.831. The maximum absolute atomic E-state index is 12.7. The molecule has 0 aromatic carbocycles. The van der Waals surface area contributed by atoms with Gasteiger partial charge in [0, 0.05) is 18.9 Å². The number of nitrogens with zero attached hydrogens (tertiary/aromatic N) is 5. The summed E-state index contributed by atoms with van der Waals surface area (Å²) >= 11 is 1.51. The van der Waals surface area contributed by atoms with E-state index in [-0.39, 0.29) is 5.91 Å². The van der Waals surface area contributed by atoms with Crippen LogP contribution in [0.3, 0.4) is 0 Å². The summed E-state index contributed by atoms with van der Waals surface area (Å²) in [5.41, 5.74) is 3.04. The second-order valence-electron chi connectivity index (χ2n) is 5.95. The Morgan fingerprint density at radius 1 is 1.36 bits per heavy atom. The normalized spacial score (nSPS) is 13.6. The Morgan fingerprint density at radius 2 is 2.28 bits per heavy atom. The number of amides is 1. The minimum atomic E-state index is 0.110. The summed E-state index contributed by atoms with van der Waals surface area (Å²) in [6.45, 7) is 4.55. The van der Waals surface area contributed by atoms with Crippen molar-refractivity contribution in [3.8, 4) is 0 Å². The Bertz CT molecular complexity index is 888. The molecule has 3 aromatic heterocycles. The highest BCUT2D eigenvalue weighted by molar-refractivity contribution is 7.12. The zero-order valence-electron chi connectivity index (χ0n) is 13.8. The Kier molecular flexibility index (Phi) is 4.19. The molecule has 1 N–H and O–H groups in total. The molecular formula is C17H18N6OS. The van der Waals surface area contributed by atoms with Crippen LogP contribution in [0.25, 0.3) is 0 Å². The fourth-order valence-electron chi connectivity index (χ4n) is 2.89. The van der Waals surface area contributed by atoms with Crippen LogP contribution in [0, 0.1) is 6.92 Å². The van der Waals surface area contributed by atoms with Crippen LogP contribution in [0.5, 0.6) is 0 Å². The van der Waals surface area contributed by atoms with Gasteiger partial charge in [0.05, 0.1) is 42.1 Å². The van der Waals surface area contributed by atoms with Crippen LogP contribution >= 0.6 is 11.3 Å². The summed E-state index contributed by atoms with van der Waals surface area (Å²) < 4.78 is 1.98. The molecule has 0 aliphatic carbocycles. The minimum Gasteiger partial charge on any atom is -0.363 e. The number of rotatable bonds is 4. The lowest BCUT2D eigenvalue weighted by molar-refractivity contribution is 0.0710. The molecule has 0 saturated heterocycles. The summed E-state index contributed by atoms with van der Waals surface area (Å²) in [6.07, 6.45) is 4.97. The second kappa shape index (κ2) is 6.64. The highest BCUT2D eigenvalue weighted by Crippen LogP contribution is 2.21. The van der Waals surface area contributed by atoms with Crippen LogP contribution in [0.4, 0.5) is 5.82 Å². The molecule has 0 radical (unpaired) electrons. The molecule has 0 saturated carbocycles. The number of hydrogen-bond donors (Lipinski definition) is 1. The van der Waals surface area contributed by atoms with Crippen LogP contribution in [-0.4, -0.2) is 37.1 Å². The first kappa shape index (κ1) is 15.8. The first-order valence-corrected chi connectivity index (χ1v) is 8.97. The average molecular weight is 354 g/mol. The van der Waals surface area contributed by atoms with Crippen LogP contribution < -0.4 is 5.32 Å². The molecule has 7 nitrogen and oxygen atoms in total. The first-order chi connectivity index (χ1) is 12.2. The smallest absolute Gasteiger partial charge is 0.264 e. The van der Waals surface area contributed by atoms with Crippen molar-refractivity contribution in [3.05, 3.63) is 57.9 Å². The van der Waals surface area contributed by atoms with E-state index in [1.807, 2.05) is 34.0 Å². The van der Waals surface area contributed by atoms with E-state index in [0.29, 0.717) is 19.6 Å². The van der Waals surface area contributed by atoms with Crippen molar-refractivity contribution in [2.75, 3.05) is 11.9 Å². The third kappa shape index (κ3) is 3.25. The summed E-state index contributed by atoms with van der Waals surface area (Å²) in [4.78, 5) is 23.6. The molecule has 4 rings (SSSR count). The summed E-state index contributed by atoms with van der Waals surface area (Å²) in [5, 5.41) is 9.78. The SMILES string of the molecule is Cc1ccsc1C(=O)N1CCn2nc(CNc3cnccn3)cc2C1. The number of hydrogen-bond acceptors (Lipinski definition) is 6. The maximum Gasteiger partial charge on any atom is 0.264 e. The van der Waals surface area contributed by atoms with Crippen molar-refractivity contribution < 1.29 is 4.79 Å². The molecule has 3 aromatic rings. The fourth-order valence-corrected chi connectivity index (χ4v) is 3.78. The molecule has 1 amide bonds. The lowest BCUT2D eigenvalue weighted by Gasteiger charge is -2.27. The van der Waals surface area contributed by atoms with Gasteiger partial charge in [0.2, 0.25) is 0 Å². The Balaban J connectivity index is 1.44. The van der Waals surface area contributed by atoms with Crippen molar-refractivity contribution in [1.29, 1.82) is 0 Å². The molecule has 4 heterocycles. The molecule has 1 aliphatic heterocycles. The summed E-state index contributed by atoms with van der Waals surface area (Å²) in [7, 11) is 0. The molecule has 25 heavy (non-hydrogen) atoms. The predicted molar refractivity (Wildman–Crippen MR) is 95.4 cm³/mol. The molecule has 0 atom stereocenters. The van der Waals surface area contributed by atoms with Gasteiger partial charge < -0.3 is 10.2 Å². The molecule has 0 unspecified atom stereocenters. The topological polar surface area (TPSA) is 75.9 Å². The molecule has 128 valence electrons. The third-order valence-electron chi connectivity index (χ3n) is 4.21. The van der Waals surface area contributed by atoms with Crippen molar-refractivity contribution >= 4 is 23.1 Å². The molecule has 0 bridgehead atoms. The maximum atomic E-state index is 12.7. The fraction of sp³-hybridized carbons (Fsp3) is 0.294. The number of nitrogens with one attached hydrogen (secondary N) is 1. The number of fused-ring (bicyclic) bond motifs is 1. The van der Waals surface area contributed by atoms with Gasteiger partial charge in [-0.15, -0.1) is 11.3 Å². The minimum absolute atomic E-state index is 0.110. The van der Waals surface area contributed by atoms with Gasteiger partial charge in [-0.05, 0) is 30.0 Å². The number of aryl methyl sites for hydroxylation is 1. The lowest BCUT2D eigenvalue weighted by atomic mass is 10.2. The number of carbonyl (C=O) groups excluding carboxylic acids is 1. The van der Waals surface area contributed by atoms with Gasteiger partial charge in [0.15, 0.2) is 0 Å². The van der Waals surface area contributed by atoms with Gasteiger partial charge in [-0.2, -0.15) is 5.10 Å². The van der Waals surface area contributed by atoms with E-state index >= 15 is 0 Å². The predicted octanol–water partition coefficient (Wildman–Crippen LogP) is 2.31. The van der Waals surface area contributed by atoms with Crippen LogP contribution in [0.15, 0.2) is 36.1 Å². The van der Waals surface area contributed by atoms with E-state index in [1.54, 1.807) is 18.6 Å². The van der Waals surface area contributed by atoms with E-state index in [2.05, 4.69) is 20.4 Å². The number of aromatic nitrogens is 4. The van der Waals surface area contributed by atoms with Gasteiger partial charge >= 0.3 is 0 Å². The van der Waals surface area contributed by atoms with Crippen molar-refractivity contribution in [2.45, 2.75) is 26.6 Å². The molecule has 0 fully saturated rings. The van der Waals surface area contributed by atoms with Gasteiger partial charge in [-0.1, -0.05) is 0 Å². The van der Waals surface area contributed by atoms with Crippen LogP contribution in [-0.2, 0) is 19.6 Å². The van der Waals surface area contributed by atoms with Crippen molar-refractivity contribution in [1.82, 2.24) is 24.6 Å². The lowest BCUT2D eigenvalue weighted by Crippen LogP contribution is -2.38. The zero-order valence-corrected chi connectivity index (χ0v) is 14.7. The van der Waals surface area contributed by atoms with E-state index in [9.17, 15) is 4.79 Å². The van der Waals surface area contributed by atoms with Crippen molar-refractivity contribution in [3.63, 3.8) is 0 Å². The molecule has 0 spiro atoms. The van der Waals surface area contributed by atoms with E-state index in [0.717, 1.165) is 34.2 Å². The molecule has 8 heteroatoms. The van der Waals surface area contributed by atoms with Gasteiger partial charge in [-0.25, -0.2) is 4.98 Å². The summed E-state index contributed by atoms with van der Waals surface area (Å²) in [6, 6.07) is 4.03. The van der Waals surface area contributed by atoms with E-state index in [4.69, 9.17) is 0 Å². The monoisotopic (exact) mass is 354 g/mol. The first-order valence-electron chi connectivity index (χ1n) is 8.09. The Morgan fingerprint density at radius 3 is 3.04 bits per heavy atom. The quantitative estimate of drug-likeness (QED) is 0.778. The van der Waals surface area contributed by atoms with Gasteiger partial charge in [-0.3, -0.25) is 14.5 Å². The Hall–Kier alpha value is -2.74. The average Bonchev–Trinajstić information content (AvgIpc) is 3.25. The number of thiophene rings is 1. The Labute approximate surface area is 149 Å². The third-order valence-corrected chi connectivity index (χ3v) is 5.21. The standard InChI is InChI=1S/C17H18N6OS/c1-12-2-7-25-16(12)17(24)22-5-6-23-14(11-22)8-13(21-23)9-20-15-10-18-3-4-19-15/h2-4,7-8,10H,5-6,9,11H2,1H3,(H,19,20).